The van der Waals surface area contributed by atoms with Crippen LogP contribution in [0.5, 0.6) is 0 Å². The maximum atomic E-state index is 13.9. The minimum Gasteiger partial charge on any atom is -0.381 e. The maximum Gasteiger partial charge on any atom is 0.145 e. The highest BCUT2D eigenvalue weighted by molar-refractivity contribution is 5.46. The third-order valence-electron chi connectivity index (χ3n) is 3.46. The van der Waals surface area contributed by atoms with Gasteiger partial charge in [-0.05, 0) is 36.6 Å². The quantitative estimate of drug-likeness (QED) is 0.837. The van der Waals surface area contributed by atoms with Gasteiger partial charge in [0.15, 0.2) is 0 Å². The summed E-state index contributed by atoms with van der Waals surface area (Å²) in [5.74, 6) is -0.438. The molecule has 0 bridgehead atoms. The normalized spacial score (nSPS) is 10.1. The summed E-state index contributed by atoms with van der Waals surface area (Å²) in [5, 5.41) is 12.0. The highest BCUT2D eigenvalue weighted by Crippen LogP contribution is 2.16. The molecule has 108 valence electrons. The summed E-state index contributed by atoms with van der Waals surface area (Å²) in [5.41, 5.74) is 2.87. The molecule has 3 heteroatoms. The van der Waals surface area contributed by atoms with Gasteiger partial charge < -0.3 is 5.32 Å². The summed E-state index contributed by atoms with van der Waals surface area (Å²) in [4.78, 5) is 0. The van der Waals surface area contributed by atoms with Gasteiger partial charge in [-0.15, -0.1) is 0 Å². The molecule has 0 radical (unpaired) electrons. The Kier molecular flexibility index (Phi) is 5.34. The van der Waals surface area contributed by atoms with E-state index in [1.54, 1.807) is 12.1 Å². The molecule has 0 fully saturated rings. The number of nitrogens with one attached hydrogen (secondary N) is 1. The van der Waals surface area contributed by atoms with E-state index in [0.29, 0.717) is 12.1 Å². The number of nitrogens with zero attached hydrogens (tertiary/aromatic N) is 1. The van der Waals surface area contributed by atoms with Crippen molar-refractivity contribution in [2.75, 3.05) is 5.32 Å². The van der Waals surface area contributed by atoms with E-state index < -0.39 is 5.82 Å². The molecular formula is C18H19FN2. The lowest BCUT2D eigenvalue weighted by atomic mass is 10.1. The van der Waals surface area contributed by atoms with Gasteiger partial charge in [0.05, 0.1) is 5.56 Å². The van der Waals surface area contributed by atoms with Crippen LogP contribution in [0.1, 0.15) is 36.5 Å². The van der Waals surface area contributed by atoms with Crippen LogP contribution >= 0.6 is 0 Å². The van der Waals surface area contributed by atoms with Crippen LogP contribution in [0.4, 0.5) is 10.1 Å². The molecular weight excluding hydrogens is 263 g/mol. The highest BCUT2D eigenvalue weighted by Gasteiger charge is 2.06. The zero-order chi connectivity index (χ0) is 15.1. The van der Waals surface area contributed by atoms with Crippen molar-refractivity contribution in [2.24, 2.45) is 0 Å². The van der Waals surface area contributed by atoms with Crippen molar-refractivity contribution in [3.63, 3.8) is 0 Å². The van der Waals surface area contributed by atoms with Gasteiger partial charge in [0, 0.05) is 17.8 Å². The fourth-order valence-corrected chi connectivity index (χ4v) is 2.17. The van der Waals surface area contributed by atoms with Crippen LogP contribution in [0.3, 0.4) is 0 Å². The molecule has 0 saturated carbocycles. The number of hydrogen-bond acceptors (Lipinski definition) is 2. The lowest BCUT2D eigenvalue weighted by Crippen LogP contribution is -2.03. The van der Waals surface area contributed by atoms with E-state index in [0.717, 1.165) is 12.1 Å². The Labute approximate surface area is 125 Å². The number of halogens is 1. The minimum absolute atomic E-state index is 0.0872. The summed E-state index contributed by atoms with van der Waals surface area (Å²) in [7, 11) is 0. The number of anilines is 1. The Bertz CT molecular complexity index is 627. The largest absolute Gasteiger partial charge is 0.381 e. The number of benzene rings is 2. The molecule has 2 aromatic carbocycles. The van der Waals surface area contributed by atoms with Gasteiger partial charge in [-0.25, -0.2) is 4.39 Å². The first kappa shape index (κ1) is 15.1. The van der Waals surface area contributed by atoms with Crippen molar-refractivity contribution < 1.29 is 4.39 Å². The molecule has 0 aliphatic heterocycles. The van der Waals surface area contributed by atoms with E-state index in [9.17, 15) is 4.39 Å². The van der Waals surface area contributed by atoms with Crippen molar-refractivity contribution in [3.8, 4) is 6.07 Å². The van der Waals surface area contributed by atoms with Crippen molar-refractivity contribution >= 4 is 5.69 Å². The number of nitriles is 1. The molecule has 0 spiro atoms. The van der Waals surface area contributed by atoms with Gasteiger partial charge in [0.2, 0.25) is 0 Å². The van der Waals surface area contributed by atoms with Crippen molar-refractivity contribution in [1.82, 2.24) is 0 Å². The lowest BCUT2D eigenvalue weighted by Gasteiger charge is -2.09. The molecule has 0 aromatic heterocycles. The predicted molar refractivity (Wildman–Crippen MR) is 83.5 cm³/mol. The molecule has 2 nitrogen and oxygen atoms in total. The first-order chi connectivity index (χ1) is 10.2. The summed E-state index contributed by atoms with van der Waals surface area (Å²) >= 11 is 0. The first-order valence-corrected chi connectivity index (χ1v) is 7.25. The van der Waals surface area contributed by atoms with Crippen LogP contribution in [0.2, 0.25) is 0 Å². The van der Waals surface area contributed by atoms with Gasteiger partial charge in [0.1, 0.15) is 11.9 Å². The second-order valence-electron chi connectivity index (χ2n) is 5.04. The van der Waals surface area contributed by atoms with Gasteiger partial charge >= 0.3 is 0 Å². The van der Waals surface area contributed by atoms with Gasteiger partial charge in [-0.1, -0.05) is 37.6 Å². The van der Waals surface area contributed by atoms with Crippen LogP contribution in [0, 0.1) is 17.1 Å². The van der Waals surface area contributed by atoms with Crippen molar-refractivity contribution in [1.29, 1.82) is 5.26 Å². The summed E-state index contributed by atoms with van der Waals surface area (Å²) < 4.78 is 13.9. The molecule has 21 heavy (non-hydrogen) atoms. The molecule has 2 aromatic rings. The van der Waals surface area contributed by atoms with Crippen LogP contribution in [0.25, 0.3) is 0 Å². The molecule has 1 N–H and O–H groups in total. The Balaban J connectivity index is 1.99. The van der Waals surface area contributed by atoms with Gasteiger partial charge in [-0.3, -0.25) is 0 Å². The fourth-order valence-electron chi connectivity index (χ4n) is 2.17. The average molecular weight is 282 g/mol. The summed E-state index contributed by atoms with van der Waals surface area (Å²) in [6, 6.07) is 15.0. The third kappa shape index (κ3) is 4.06. The number of unbranched alkanes of at least 4 members (excludes halogenated alkanes) is 1. The average Bonchev–Trinajstić information content (AvgIpc) is 2.53. The Morgan fingerprint density at radius 3 is 2.57 bits per heavy atom. The highest BCUT2D eigenvalue weighted by atomic mass is 19.1. The molecule has 0 heterocycles. The molecule has 0 aliphatic rings. The number of hydrogen-bond donors (Lipinski definition) is 1. The molecule has 0 saturated heterocycles. The van der Waals surface area contributed by atoms with E-state index >= 15 is 0 Å². The number of rotatable bonds is 6. The second kappa shape index (κ2) is 7.44. The van der Waals surface area contributed by atoms with Crippen LogP contribution in [-0.2, 0) is 13.0 Å². The van der Waals surface area contributed by atoms with Gasteiger partial charge in [0.25, 0.3) is 0 Å². The topological polar surface area (TPSA) is 35.8 Å². The molecule has 0 amide bonds. The van der Waals surface area contributed by atoms with E-state index in [1.165, 1.54) is 24.5 Å². The minimum atomic E-state index is -0.438. The zero-order valence-corrected chi connectivity index (χ0v) is 12.2. The maximum absolute atomic E-state index is 13.9. The van der Waals surface area contributed by atoms with Gasteiger partial charge in [-0.2, -0.15) is 5.26 Å². The monoisotopic (exact) mass is 282 g/mol. The van der Waals surface area contributed by atoms with Crippen LogP contribution < -0.4 is 5.32 Å². The molecule has 0 atom stereocenters. The Morgan fingerprint density at radius 2 is 1.90 bits per heavy atom. The Hall–Kier alpha value is -2.34. The van der Waals surface area contributed by atoms with E-state index in [1.807, 2.05) is 18.2 Å². The van der Waals surface area contributed by atoms with Crippen LogP contribution in [-0.4, -0.2) is 0 Å². The smallest absolute Gasteiger partial charge is 0.145 e. The number of aryl methyl sites for hydroxylation is 1. The summed E-state index contributed by atoms with van der Waals surface area (Å²) in [6.45, 7) is 2.55. The van der Waals surface area contributed by atoms with E-state index in [4.69, 9.17) is 5.26 Å². The van der Waals surface area contributed by atoms with Crippen molar-refractivity contribution in [2.45, 2.75) is 32.7 Å². The second-order valence-corrected chi connectivity index (χ2v) is 5.04. The van der Waals surface area contributed by atoms with Crippen molar-refractivity contribution in [3.05, 3.63) is 65.0 Å². The van der Waals surface area contributed by atoms with Crippen LogP contribution in [0.15, 0.2) is 42.5 Å². The third-order valence-corrected chi connectivity index (χ3v) is 3.46. The molecule has 0 unspecified atom stereocenters. The molecule has 0 aliphatic carbocycles. The lowest BCUT2D eigenvalue weighted by molar-refractivity contribution is 0.609. The van der Waals surface area contributed by atoms with E-state index in [2.05, 4.69) is 24.4 Å². The molecule has 2 rings (SSSR count). The standard InChI is InChI=1S/C18H19FN2/c1-2-3-5-14-8-10-17(11-9-14)21-13-16-7-4-6-15(12-20)18(16)19/h4,6-11,21H,2-3,5,13H2,1H3. The predicted octanol–water partition coefficient (Wildman–Crippen LogP) is 4.65. The first-order valence-electron chi connectivity index (χ1n) is 7.25. The Morgan fingerprint density at radius 1 is 1.14 bits per heavy atom. The SMILES string of the molecule is CCCCc1ccc(NCc2cccc(C#N)c2F)cc1. The zero-order valence-electron chi connectivity index (χ0n) is 12.2. The van der Waals surface area contributed by atoms with E-state index in [-0.39, 0.29) is 5.56 Å². The summed E-state index contributed by atoms with van der Waals surface area (Å²) in [6.07, 6.45) is 3.48. The fraction of sp³-hybridized carbons (Fsp3) is 0.278.